The molecule has 1 amide bonds. The Balaban J connectivity index is 2.24. The Morgan fingerprint density at radius 3 is 2.50 bits per heavy atom. The summed E-state index contributed by atoms with van der Waals surface area (Å²) < 4.78 is 6.88. The lowest BCUT2D eigenvalue weighted by molar-refractivity contribution is -0.139. The van der Waals surface area contributed by atoms with Crippen LogP contribution in [0.25, 0.3) is 5.76 Å². The van der Waals surface area contributed by atoms with E-state index < -0.39 is 17.7 Å². The van der Waals surface area contributed by atoms with E-state index in [0.717, 1.165) is 0 Å². The highest BCUT2D eigenvalue weighted by molar-refractivity contribution is 6.46. The van der Waals surface area contributed by atoms with Crippen molar-refractivity contribution in [1.29, 1.82) is 0 Å². The van der Waals surface area contributed by atoms with Crippen molar-refractivity contribution in [1.82, 2.24) is 14.7 Å². The van der Waals surface area contributed by atoms with Crippen molar-refractivity contribution in [3.63, 3.8) is 0 Å². The maximum Gasteiger partial charge on any atom is 0.295 e. The lowest BCUT2D eigenvalue weighted by atomic mass is 9.94. The minimum absolute atomic E-state index is 0.0601. The van der Waals surface area contributed by atoms with Crippen LogP contribution in [0.5, 0.6) is 5.75 Å². The van der Waals surface area contributed by atoms with Gasteiger partial charge in [-0.05, 0) is 31.5 Å². The minimum Gasteiger partial charge on any atom is -0.507 e. The summed E-state index contributed by atoms with van der Waals surface area (Å²) in [4.78, 5) is 26.3. The van der Waals surface area contributed by atoms with Gasteiger partial charge >= 0.3 is 0 Å². The van der Waals surface area contributed by atoms with Crippen molar-refractivity contribution in [2.45, 2.75) is 19.9 Å². The topological polar surface area (TPSA) is 84.7 Å². The van der Waals surface area contributed by atoms with Gasteiger partial charge in [0, 0.05) is 19.8 Å². The molecule has 0 saturated carbocycles. The summed E-state index contributed by atoms with van der Waals surface area (Å²) in [5.74, 6) is -0.960. The van der Waals surface area contributed by atoms with Crippen molar-refractivity contribution in [2.75, 3.05) is 14.2 Å². The number of benzene rings is 1. The Kier molecular flexibility index (Phi) is 4.31. The number of likely N-dealkylation sites (tertiary alicyclic amines) is 1. The van der Waals surface area contributed by atoms with Crippen LogP contribution >= 0.6 is 0 Å². The second kappa shape index (κ2) is 6.33. The van der Waals surface area contributed by atoms with Crippen LogP contribution in [0.1, 0.15) is 28.6 Å². The van der Waals surface area contributed by atoms with Crippen molar-refractivity contribution in [3.8, 4) is 5.75 Å². The summed E-state index contributed by atoms with van der Waals surface area (Å²) in [6.07, 6.45) is 0. The van der Waals surface area contributed by atoms with Crippen molar-refractivity contribution < 1.29 is 19.4 Å². The maximum absolute atomic E-state index is 12.6. The number of carbonyl (C=O) groups excluding carboxylic acids is 2. The minimum atomic E-state index is -0.708. The van der Waals surface area contributed by atoms with Gasteiger partial charge in [-0.3, -0.25) is 14.3 Å². The number of hydrogen-bond donors (Lipinski definition) is 1. The Morgan fingerprint density at radius 2 is 1.92 bits per heavy atom. The second-order valence-corrected chi connectivity index (χ2v) is 6.36. The van der Waals surface area contributed by atoms with Gasteiger partial charge in [0.15, 0.2) is 0 Å². The Morgan fingerprint density at radius 1 is 1.23 bits per heavy atom. The lowest BCUT2D eigenvalue weighted by Crippen LogP contribution is -2.24. The first-order valence-corrected chi connectivity index (χ1v) is 8.17. The smallest absolute Gasteiger partial charge is 0.295 e. The van der Waals surface area contributed by atoms with Gasteiger partial charge in [0.2, 0.25) is 0 Å². The van der Waals surface area contributed by atoms with E-state index in [9.17, 15) is 14.7 Å². The number of nitrogens with zero attached hydrogens (tertiary/aromatic N) is 3. The highest BCUT2D eigenvalue weighted by atomic mass is 16.5. The molecule has 1 fully saturated rings. The lowest BCUT2D eigenvalue weighted by Gasteiger charge is -2.21. The molecule has 2 heterocycles. The number of aliphatic hydroxyl groups is 1. The molecule has 3 rings (SSSR count). The fourth-order valence-electron chi connectivity index (χ4n) is 3.40. The van der Waals surface area contributed by atoms with E-state index in [1.165, 1.54) is 4.90 Å². The van der Waals surface area contributed by atoms with Crippen LogP contribution in [-0.2, 0) is 16.6 Å². The van der Waals surface area contributed by atoms with Crippen LogP contribution in [0.3, 0.4) is 0 Å². The highest BCUT2D eigenvalue weighted by Gasteiger charge is 2.44. The number of amides is 1. The first kappa shape index (κ1) is 17.7. The second-order valence-electron chi connectivity index (χ2n) is 6.36. The van der Waals surface area contributed by atoms with Crippen LogP contribution in [0.15, 0.2) is 29.8 Å². The van der Waals surface area contributed by atoms with Gasteiger partial charge in [0.1, 0.15) is 11.5 Å². The molecule has 1 aliphatic heterocycles. The van der Waals surface area contributed by atoms with E-state index in [1.54, 1.807) is 64.0 Å². The van der Waals surface area contributed by atoms with Crippen LogP contribution in [0.4, 0.5) is 0 Å². The molecule has 0 aliphatic carbocycles. The molecule has 1 saturated heterocycles. The Labute approximate surface area is 151 Å². The number of Topliss-reactive ketones (excluding diaryl/α,β-unsaturated/α-hetero) is 1. The number of likely N-dealkylation sites (N-methyl/N-ethyl adjacent to an activating group) is 1. The predicted molar refractivity (Wildman–Crippen MR) is 95.7 cm³/mol. The monoisotopic (exact) mass is 355 g/mol. The maximum atomic E-state index is 12.6. The SMILES string of the molecule is COc1cccc(C2/C(=C(\O)c3c(C)nn(C)c3C)C(=O)C(=O)N2C)c1. The summed E-state index contributed by atoms with van der Waals surface area (Å²) >= 11 is 0. The normalized spacial score (nSPS) is 19.3. The first-order valence-electron chi connectivity index (χ1n) is 8.17. The third kappa shape index (κ3) is 2.56. The van der Waals surface area contributed by atoms with Gasteiger partial charge in [0.25, 0.3) is 11.7 Å². The fraction of sp³-hybridized carbons (Fsp3) is 0.316. The summed E-state index contributed by atoms with van der Waals surface area (Å²) in [5, 5.41) is 15.2. The molecule has 0 spiro atoms. The number of rotatable bonds is 3. The Bertz CT molecular complexity index is 942. The van der Waals surface area contributed by atoms with E-state index in [1.807, 2.05) is 0 Å². The molecule has 1 aromatic carbocycles. The van der Waals surface area contributed by atoms with Crippen molar-refractivity contribution in [2.24, 2.45) is 7.05 Å². The summed E-state index contributed by atoms with van der Waals surface area (Å²) in [6, 6.07) is 6.42. The van der Waals surface area contributed by atoms with E-state index >= 15 is 0 Å². The van der Waals surface area contributed by atoms with Crippen LogP contribution in [-0.4, -0.2) is 45.6 Å². The molecule has 1 aromatic heterocycles. The number of ether oxygens (including phenoxy) is 1. The summed E-state index contributed by atoms with van der Waals surface area (Å²) in [6.45, 7) is 3.56. The van der Waals surface area contributed by atoms with Crippen molar-refractivity contribution >= 4 is 17.4 Å². The number of aromatic nitrogens is 2. The van der Waals surface area contributed by atoms with Gasteiger partial charge in [-0.1, -0.05) is 12.1 Å². The van der Waals surface area contributed by atoms with Gasteiger partial charge in [-0.15, -0.1) is 0 Å². The number of carbonyl (C=O) groups is 2. The third-order valence-electron chi connectivity index (χ3n) is 4.83. The standard InChI is InChI=1S/C19H21N3O4/c1-10-14(11(2)22(4)20-10)17(23)15-16(21(3)19(25)18(15)24)12-7-6-8-13(9-12)26-5/h6-9,16,23H,1-5H3/b17-15+. The largest absolute Gasteiger partial charge is 0.507 e. The molecule has 26 heavy (non-hydrogen) atoms. The predicted octanol–water partition coefficient (Wildman–Crippen LogP) is 2.10. The number of ketones is 1. The fourth-order valence-corrected chi connectivity index (χ4v) is 3.40. The molecule has 1 aliphatic rings. The van der Waals surface area contributed by atoms with Crippen LogP contribution in [0.2, 0.25) is 0 Å². The number of aliphatic hydroxyl groups excluding tert-OH is 1. The summed E-state index contributed by atoms with van der Waals surface area (Å²) in [5.41, 5.74) is 2.53. The van der Waals surface area contributed by atoms with E-state index in [0.29, 0.717) is 28.3 Å². The molecule has 7 nitrogen and oxygen atoms in total. The van der Waals surface area contributed by atoms with E-state index in [-0.39, 0.29) is 11.3 Å². The zero-order valence-electron chi connectivity index (χ0n) is 15.4. The quantitative estimate of drug-likeness (QED) is 0.518. The van der Waals surface area contributed by atoms with Gasteiger partial charge in [-0.25, -0.2) is 0 Å². The molecular weight excluding hydrogens is 334 g/mol. The summed E-state index contributed by atoms with van der Waals surface area (Å²) in [7, 11) is 4.86. The Hall–Kier alpha value is -3.09. The molecule has 136 valence electrons. The molecule has 1 N–H and O–H groups in total. The van der Waals surface area contributed by atoms with Crippen LogP contribution < -0.4 is 4.74 Å². The van der Waals surface area contributed by atoms with E-state index in [4.69, 9.17) is 4.74 Å². The van der Waals surface area contributed by atoms with Gasteiger partial charge in [-0.2, -0.15) is 5.10 Å². The molecule has 0 radical (unpaired) electrons. The zero-order valence-corrected chi connectivity index (χ0v) is 15.4. The number of aryl methyl sites for hydroxylation is 2. The molecular formula is C19H21N3O4. The van der Waals surface area contributed by atoms with Gasteiger partial charge < -0.3 is 14.7 Å². The number of methoxy groups -OCH3 is 1. The average molecular weight is 355 g/mol. The molecule has 1 unspecified atom stereocenters. The average Bonchev–Trinajstić information content (AvgIpc) is 3.01. The van der Waals surface area contributed by atoms with E-state index in [2.05, 4.69) is 5.10 Å². The van der Waals surface area contributed by atoms with Crippen LogP contribution in [0, 0.1) is 13.8 Å². The highest BCUT2D eigenvalue weighted by Crippen LogP contribution is 2.40. The number of hydrogen-bond acceptors (Lipinski definition) is 5. The third-order valence-corrected chi connectivity index (χ3v) is 4.83. The molecule has 7 heteroatoms. The zero-order chi connectivity index (χ0) is 19.2. The van der Waals surface area contributed by atoms with Crippen molar-refractivity contribution in [3.05, 3.63) is 52.4 Å². The molecule has 0 bridgehead atoms. The van der Waals surface area contributed by atoms with Gasteiger partial charge in [0.05, 0.1) is 30.0 Å². The first-order chi connectivity index (χ1) is 12.3. The molecule has 1 atom stereocenters. The molecule has 2 aromatic rings.